The molecule has 0 amide bonds. The van der Waals surface area contributed by atoms with Crippen LogP contribution in [0.2, 0.25) is 0 Å². The van der Waals surface area contributed by atoms with Gasteiger partial charge in [-0.1, -0.05) is 11.6 Å². The van der Waals surface area contributed by atoms with Crippen molar-refractivity contribution in [1.82, 2.24) is 15.0 Å². The van der Waals surface area contributed by atoms with E-state index < -0.39 is 5.13 Å². The first kappa shape index (κ1) is 10.7. The Labute approximate surface area is 103 Å². The molecule has 3 nitrogen and oxygen atoms in total. The minimum atomic E-state index is -1.59. The van der Waals surface area contributed by atoms with Crippen LogP contribution in [0, 0.1) is 0 Å². The fourth-order valence-electron chi connectivity index (χ4n) is 1.87. The number of aromatic nitrogens is 3. The third-order valence-electron chi connectivity index (χ3n) is 2.95. The van der Waals surface area contributed by atoms with E-state index in [0.717, 1.165) is 17.7 Å². The van der Waals surface area contributed by atoms with Gasteiger partial charge in [0.05, 0.1) is 5.92 Å². The molecule has 1 N–H and O–H groups in total. The van der Waals surface area contributed by atoms with Crippen molar-refractivity contribution in [3.8, 4) is 0 Å². The highest BCUT2D eigenvalue weighted by molar-refractivity contribution is 6.25. The van der Waals surface area contributed by atoms with Crippen molar-refractivity contribution in [1.29, 1.82) is 0 Å². The van der Waals surface area contributed by atoms with Gasteiger partial charge in [0.15, 0.2) is 5.13 Å². The predicted molar refractivity (Wildman–Crippen MR) is 62.7 cm³/mol. The molecule has 1 aliphatic rings. The molecule has 0 bridgehead atoms. The lowest BCUT2D eigenvalue weighted by atomic mass is 10.2. The number of rotatable bonds is 3. The molecule has 1 aliphatic carbocycles. The number of alkyl halides is 2. The molecule has 0 saturated heterocycles. The first-order valence-corrected chi connectivity index (χ1v) is 5.83. The summed E-state index contributed by atoms with van der Waals surface area (Å²) in [5.74, 6) is 0.363. The molecule has 0 unspecified atom stereocenters. The zero-order valence-electron chi connectivity index (χ0n) is 9.03. The van der Waals surface area contributed by atoms with Gasteiger partial charge in [0.25, 0.3) is 0 Å². The SMILES string of the molecule is F[C@@]1(Cl)C[C@H]1c1ncc(Cc2ccncc2)[nH]1. The number of halogens is 2. The highest BCUT2D eigenvalue weighted by atomic mass is 35.5. The standard InChI is InChI=1S/C12H11ClFN3/c13-12(14)6-10(12)11-16-7-9(17-11)5-8-1-3-15-4-2-8/h1-4,7,10H,5-6H2,(H,16,17)/t10-,12-/m0/s1. The van der Waals surface area contributed by atoms with E-state index in [1.165, 1.54) is 0 Å². The number of nitrogens with zero attached hydrogens (tertiary/aromatic N) is 2. The van der Waals surface area contributed by atoms with Gasteiger partial charge in [-0.3, -0.25) is 4.98 Å². The van der Waals surface area contributed by atoms with Crippen molar-refractivity contribution in [2.24, 2.45) is 0 Å². The molecule has 1 fully saturated rings. The smallest absolute Gasteiger partial charge is 0.194 e. The molecular formula is C12H11ClFN3. The third-order valence-corrected chi connectivity index (χ3v) is 3.37. The summed E-state index contributed by atoms with van der Waals surface area (Å²) >= 11 is 5.58. The van der Waals surface area contributed by atoms with Gasteiger partial charge in [0.1, 0.15) is 5.82 Å². The molecule has 0 aromatic carbocycles. The Kier molecular flexibility index (Phi) is 2.40. The summed E-state index contributed by atoms with van der Waals surface area (Å²) in [7, 11) is 0. The van der Waals surface area contributed by atoms with Crippen molar-refractivity contribution < 1.29 is 4.39 Å². The molecule has 1 saturated carbocycles. The van der Waals surface area contributed by atoms with Gasteiger partial charge >= 0.3 is 0 Å². The fraction of sp³-hybridized carbons (Fsp3) is 0.333. The summed E-state index contributed by atoms with van der Waals surface area (Å²) in [6.07, 6.45) is 6.32. The lowest BCUT2D eigenvalue weighted by molar-refractivity contribution is 0.414. The van der Waals surface area contributed by atoms with Gasteiger partial charge in [-0.15, -0.1) is 0 Å². The van der Waals surface area contributed by atoms with Crippen LogP contribution in [-0.4, -0.2) is 20.1 Å². The van der Waals surface area contributed by atoms with Crippen molar-refractivity contribution >= 4 is 11.6 Å². The van der Waals surface area contributed by atoms with Gasteiger partial charge in [-0.2, -0.15) is 0 Å². The highest BCUT2D eigenvalue weighted by Gasteiger charge is 2.56. The van der Waals surface area contributed by atoms with Gasteiger partial charge in [0, 0.05) is 37.1 Å². The summed E-state index contributed by atoms with van der Waals surface area (Å²) in [5.41, 5.74) is 2.11. The number of nitrogens with one attached hydrogen (secondary N) is 1. The molecular weight excluding hydrogens is 241 g/mol. The summed E-state index contributed by atoms with van der Waals surface area (Å²) in [5, 5.41) is -1.59. The second-order valence-electron chi connectivity index (χ2n) is 4.34. The number of aromatic amines is 1. The fourth-order valence-corrected chi connectivity index (χ4v) is 2.13. The van der Waals surface area contributed by atoms with E-state index in [0.29, 0.717) is 12.2 Å². The molecule has 3 rings (SSSR count). The molecule has 2 atom stereocenters. The van der Waals surface area contributed by atoms with Crippen molar-refractivity contribution in [3.63, 3.8) is 0 Å². The number of pyridine rings is 1. The number of hydrogen-bond acceptors (Lipinski definition) is 2. The normalized spacial score (nSPS) is 27.1. The highest BCUT2D eigenvalue weighted by Crippen LogP contribution is 2.56. The van der Waals surface area contributed by atoms with E-state index in [1.807, 2.05) is 12.1 Å². The van der Waals surface area contributed by atoms with Crippen molar-refractivity contribution in [3.05, 3.63) is 47.8 Å². The Balaban J connectivity index is 1.74. The van der Waals surface area contributed by atoms with Crippen LogP contribution in [0.3, 0.4) is 0 Å². The Hall–Kier alpha value is -1.42. The van der Waals surface area contributed by atoms with Gasteiger partial charge in [-0.05, 0) is 17.7 Å². The molecule has 88 valence electrons. The molecule has 17 heavy (non-hydrogen) atoms. The van der Waals surface area contributed by atoms with Crippen LogP contribution >= 0.6 is 11.6 Å². The van der Waals surface area contributed by atoms with E-state index in [4.69, 9.17) is 11.6 Å². The number of hydrogen-bond donors (Lipinski definition) is 1. The quantitative estimate of drug-likeness (QED) is 0.853. The van der Waals surface area contributed by atoms with E-state index in [-0.39, 0.29) is 5.92 Å². The van der Waals surface area contributed by atoms with E-state index >= 15 is 0 Å². The second-order valence-corrected chi connectivity index (χ2v) is 4.97. The van der Waals surface area contributed by atoms with Crippen LogP contribution in [0.5, 0.6) is 0 Å². The monoisotopic (exact) mass is 251 g/mol. The summed E-state index contributed by atoms with van der Waals surface area (Å²) < 4.78 is 13.3. The van der Waals surface area contributed by atoms with E-state index in [9.17, 15) is 4.39 Å². The Bertz CT molecular complexity index is 524. The average molecular weight is 252 g/mol. The first-order chi connectivity index (χ1) is 8.15. The molecule has 5 heteroatoms. The molecule has 0 spiro atoms. The largest absolute Gasteiger partial charge is 0.345 e. The Morgan fingerprint density at radius 1 is 1.47 bits per heavy atom. The van der Waals surface area contributed by atoms with E-state index in [2.05, 4.69) is 15.0 Å². The van der Waals surface area contributed by atoms with Crippen LogP contribution in [-0.2, 0) is 6.42 Å². The number of H-pyrrole nitrogens is 1. The van der Waals surface area contributed by atoms with Crippen LogP contribution in [0.1, 0.15) is 29.4 Å². The summed E-state index contributed by atoms with van der Waals surface area (Å²) in [6.45, 7) is 0. The second kappa shape index (κ2) is 3.81. The summed E-state index contributed by atoms with van der Waals surface area (Å²) in [4.78, 5) is 11.3. The summed E-state index contributed by atoms with van der Waals surface area (Å²) in [6, 6.07) is 3.89. The molecule has 0 aliphatic heterocycles. The maximum Gasteiger partial charge on any atom is 0.194 e. The topological polar surface area (TPSA) is 41.6 Å². The minimum absolute atomic E-state index is 0.282. The third kappa shape index (κ3) is 2.17. The van der Waals surface area contributed by atoms with Crippen LogP contribution < -0.4 is 0 Å². The maximum absolute atomic E-state index is 13.3. The van der Waals surface area contributed by atoms with Crippen molar-refractivity contribution in [2.45, 2.75) is 23.9 Å². The maximum atomic E-state index is 13.3. The molecule has 2 aromatic rings. The predicted octanol–water partition coefficient (Wildman–Crippen LogP) is 2.79. The lowest BCUT2D eigenvalue weighted by Crippen LogP contribution is -1.94. The van der Waals surface area contributed by atoms with Crippen molar-refractivity contribution in [2.75, 3.05) is 0 Å². The zero-order valence-corrected chi connectivity index (χ0v) is 9.78. The number of imidazole rings is 1. The van der Waals surface area contributed by atoms with Crippen LogP contribution in [0.25, 0.3) is 0 Å². The van der Waals surface area contributed by atoms with E-state index in [1.54, 1.807) is 18.6 Å². The minimum Gasteiger partial charge on any atom is -0.345 e. The van der Waals surface area contributed by atoms with Crippen LogP contribution in [0.15, 0.2) is 30.7 Å². The zero-order chi connectivity index (χ0) is 11.9. The van der Waals surface area contributed by atoms with Gasteiger partial charge < -0.3 is 4.98 Å². The molecule has 2 aromatic heterocycles. The average Bonchev–Trinajstić information content (AvgIpc) is 2.74. The van der Waals surface area contributed by atoms with Crippen LogP contribution in [0.4, 0.5) is 4.39 Å². The molecule has 0 radical (unpaired) electrons. The van der Waals surface area contributed by atoms with Gasteiger partial charge in [-0.25, -0.2) is 9.37 Å². The Morgan fingerprint density at radius 2 is 2.18 bits per heavy atom. The van der Waals surface area contributed by atoms with Gasteiger partial charge in [0.2, 0.25) is 0 Å². The first-order valence-electron chi connectivity index (χ1n) is 5.46. The molecule has 2 heterocycles. The lowest BCUT2D eigenvalue weighted by Gasteiger charge is -1.97. The Morgan fingerprint density at radius 3 is 2.82 bits per heavy atom.